The molecule has 0 radical (unpaired) electrons. The molecule has 31 heavy (non-hydrogen) atoms. The van der Waals surface area contributed by atoms with Gasteiger partial charge in [-0.25, -0.2) is 4.39 Å². The average Bonchev–Trinajstić information content (AvgIpc) is 2.75. The van der Waals surface area contributed by atoms with Gasteiger partial charge >= 0.3 is 0 Å². The molecule has 2 aromatic rings. The number of amides is 1. The fourth-order valence-electron chi connectivity index (χ4n) is 3.76. The van der Waals surface area contributed by atoms with E-state index in [2.05, 4.69) is 27.8 Å². The largest absolute Gasteiger partial charge is 0.493 e. The van der Waals surface area contributed by atoms with Crippen LogP contribution < -0.4 is 9.47 Å². The first kappa shape index (κ1) is 23.2. The zero-order valence-electron chi connectivity index (χ0n) is 17.8. The van der Waals surface area contributed by atoms with Gasteiger partial charge in [-0.3, -0.25) is 14.5 Å². The second kappa shape index (κ2) is 10.2. The van der Waals surface area contributed by atoms with Crippen molar-refractivity contribution in [2.75, 3.05) is 26.8 Å². The van der Waals surface area contributed by atoms with Gasteiger partial charge in [0, 0.05) is 37.3 Å². The highest BCUT2D eigenvalue weighted by molar-refractivity contribution is 9.10. The molecule has 6 nitrogen and oxygen atoms in total. The topological polar surface area (TPSA) is 59.1 Å². The van der Waals surface area contributed by atoms with Crippen molar-refractivity contribution in [2.24, 2.45) is 0 Å². The van der Waals surface area contributed by atoms with Crippen molar-refractivity contribution in [3.8, 4) is 11.5 Å². The molecule has 0 unspecified atom stereocenters. The summed E-state index contributed by atoms with van der Waals surface area (Å²) in [4.78, 5) is 28.0. The Bertz CT molecular complexity index is 938. The van der Waals surface area contributed by atoms with Gasteiger partial charge in [0.2, 0.25) is 0 Å². The summed E-state index contributed by atoms with van der Waals surface area (Å²) in [5.74, 6) is 0.408. The maximum absolute atomic E-state index is 13.2. The molecule has 2 atom stereocenters. The van der Waals surface area contributed by atoms with Gasteiger partial charge in [-0.15, -0.1) is 0 Å². The second-order valence-corrected chi connectivity index (χ2v) is 8.60. The molecule has 0 aromatic heterocycles. The van der Waals surface area contributed by atoms with Crippen molar-refractivity contribution in [3.05, 3.63) is 57.8 Å². The van der Waals surface area contributed by atoms with Crippen LogP contribution in [0.1, 0.15) is 29.8 Å². The second-order valence-electron chi connectivity index (χ2n) is 7.74. The minimum absolute atomic E-state index is 0.00974. The summed E-state index contributed by atoms with van der Waals surface area (Å²) in [6.45, 7) is 5.95. The predicted molar refractivity (Wildman–Crippen MR) is 119 cm³/mol. The number of benzene rings is 2. The maximum Gasteiger partial charge on any atom is 0.260 e. The molecule has 1 aliphatic heterocycles. The molecule has 3 rings (SSSR count). The van der Waals surface area contributed by atoms with E-state index in [0.717, 1.165) is 11.8 Å². The van der Waals surface area contributed by atoms with Gasteiger partial charge in [-0.05, 0) is 59.6 Å². The standard InChI is InChI=1S/C23H26BrFN2O4/c1-15-11-27(16(2)10-26(15)12-17-4-6-19(25)7-5-17)22(29)14-31-23-20(24)8-18(13-28)9-21(23)30-3/h4-9,13,15-16H,10-12,14H2,1-3H3/t15-,16+/m0/s1. The molecule has 8 heteroatoms. The zero-order valence-corrected chi connectivity index (χ0v) is 19.4. The quantitative estimate of drug-likeness (QED) is 0.548. The van der Waals surface area contributed by atoms with E-state index < -0.39 is 0 Å². The van der Waals surface area contributed by atoms with Gasteiger partial charge in [0.25, 0.3) is 5.91 Å². The molecular formula is C23H26BrFN2O4. The van der Waals surface area contributed by atoms with Crippen molar-refractivity contribution in [3.63, 3.8) is 0 Å². The highest BCUT2D eigenvalue weighted by atomic mass is 79.9. The highest BCUT2D eigenvalue weighted by Gasteiger charge is 2.32. The molecule has 0 aliphatic carbocycles. The molecule has 1 heterocycles. The van der Waals surface area contributed by atoms with Gasteiger partial charge in [-0.1, -0.05) is 12.1 Å². The van der Waals surface area contributed by atoms with Crippen LogP contribution in [0.2, 0.25) is 0 Å². The van der Waals surface area contributed by atoms with Crippen LogP contribution in [0.15, 0.2) is 40.9 Å². The zero-order chi connectivity index (χ0) is 22.5. The monoisotopic (exact) mass is 492 g/mol. The number of carbonyl (C=O) groups excluding carboxylic acids is 2. The van der Waals surface area contributed by atoms with Crippen LogP contribution in [0.4, 0.5) is 4.39 Å². The molecule has 0 spiro atoms. The first-order valence-corrected chi connectivity index (χ1v) is 10.8. The van der Waals surface area contributed by atoms with E-state index >= 15 is 0 Å². The number of carbonyl (C=O) groups is 2. The smallest absolute Gasteiger partial charge is 0.260 e. The predicted octanol–water partition coefficient (Wildman–Crippen LogP) is 3.91. The van der Waals surface area contributed by atoms with Gasteiger partial charge in [0.05, 0.1) is 11.6 Å². The fourth-order valence-corrected chi connectivity index (χ4v) is 4.33. The van der Waals surface area contributed by atoms with Crippen LogP contribution in [0, 0.1) is 5.82 Å². The minimum Gasteiger partial charge on any atom is -0.493 e. The van der Waals surface area contributed by atoms with Crippen molar-refractivity contribution in [1.82, 2.24) is 9.80 Å². The first-order chi connectivity index (χ1) is 14.8. The maximum atomic E-state index is 13.2. The lowest BCUT2D eigenvalue weighted by molar-refractivity contribution is -0.139. The summed E-state index contributed by atoms with van der Waals surface area (Å²) in [6.07, 6.45) is 0.719. The number of rotatable bonds is 7. The average molecular weight is 493 g/mol. The molecule has 0 bridgehead atoms. The number of methoxy groups -OCH3 is 1. The van der Waals surface area contributed by atoms with Crippen LogP contribution in [0.25, 0.3) is 0 Å². The lowest BCUT2D eigenvalue weighted by Gasteiger charge is -2.44. The number of ether oxygens (including phenoxy) is 2. The Kier molecular flexibility index (Phi) is 7.67. The van der Waals surface area contributed by atoms with E-state index in [9.17, 15) is 14.0 Å². The third-order valence-corrected chi connectivity index (χ3v) is 6.05. The molecule has 1 fully saturated rings. The Labute approximate surface area is 190 Å². The summed E-state index contributed by atoms with van der Waals surface area (Å²) in [5, 5.41) is 0. The van der Waals surface area contributed by atoms with Crippen molar-refractivity contribution < 1.29 is 23.5 Å². The summed E-state index contributed by atoms with van der Waals surface area (Å²) in [7, 11) is 1.48. The lowest BCUT2D eigenvalue weighted by atomic mass is 10.1. The molecule has 166 valence electrons. The third-order valence-electron chi connectivity index (χ3n) is 5.46. The van der Waals surface area contributed by atoms with Gasteiger partial charge < -0.3 is 14.4 Å². The van der Waals surface area contributed by atoms with E-state index in [0.29, 0.717) is 41.2 Å². The summed E-state index contributed by atoms with van der Waals surface area (Å²) in [6, 6.07) is 9.86. The Balaban J connectivity index is 1.62. The van der Waals surface area contributed by atoms with Gasteiger partial charge in [0.15, 0.2) is 18.1 Å². The molecular weight excluding hydrogens is 467 g/mol. The van der Waals surface area contributed by atoms with Gasteiger partial charge in [-0.2, -0.15) is 0 Å². The minimum atomic E-state index is -0.246. The summed E-state index contributed by atoms with van der Waals surface area (Å²) < 4.78 is 24.8. The number of hydrogen-bond donors (Lipinski definition) is 0. The first-order valence-electron chi connectivity index (χ1n) is 10.1. The van der Waals surface area contributed by atoms with Crippen LogP contribution in [0.5, 0.6) is 11.5 Å². The van der Waals surface area contributed by atoms with E-state index in [-0.39, 0.29) is 30.4 Å². The lowest BCUT2D eigenvalue weighted by Crippen LogP contribution is -2.58. The number of aldehydes is 1. The molecule has 2 aromatic carbocycles. The number of halogens is 2. The van der Waals surface area contributed by atoms with E-state index in [1.807, 2.05) is 11.8 Å². The Morgan fingerprint density at radius 3 is 2.55 bits per heavy atom. The van der Waals surface area contributed by atoms with Crippen molar-refractivity contribution >= 4 is 28.1 Å². The molecule has 0 saturated carbocycles. The van der Waals surface area contributed by atoms with Crippen LogP contribution in [-0.4, -0.2) is 60.9 Å². The Morgan fingerprint density at radius 1 is 1.19 bits per heavy atom. The van der Waals surface area contributed by atoms with Crippen molar-refractivity contribution in [1.29, 1.82) is 0 Å². The van der Waals surface area contributed by atoms with E-state index in [1.54, 1.807) is 24.3 Å². The molecule has 0 N–H and O–H groups in total. The molecule has 1 amide bonds. The van der Waals surface area contributed by atoms with Crippen LogP contribution in [0.3, 0.4) is 0 Å². The van der Waals surface area contributed by atoms with Crippen molar-refractivity contribution in [2.45, 2.75) is 32.5 Å². The number of nitrogens with zero attached hydrogens (tertiary/aromatic N) is 2. The van der Waals surface area contributed by atoms with Crippen LogP contribution >= 0.6 is 15.9 Å². The molecule has 1 saturated heterocycles. The Morgan fingerprint density at radius 2 is 1.90 bits per heavy atom. The highest BCUT2D eigenvalue weighted by Crippen LogP contribution is 2.36. The van der Waals surface area contributed by atoms with E-state index in [1.165, 1.54) is 19.2 Å². The van der Waals surface area contributed by atoms with Gasteiger partial charge in [0.1, 0.15) is 12.1 Å². The number of piperazine rings is 1. The Hall–Kier alpha value is -2.45. The van der Waals surface area contributed by atoms with Crippen LogP contribution in [-0.2, 0) is 11.3 Å². The summed E-state index contributed by atoms with van der Waals surface area (Å²) in [5.41, 5.74) is 1.49. The number of hydrogen-bond acceptors (Lipinski definition) is 5. The fraction of sp³-hybridized carbons (Fsp3) is 0.391. The third kappa shape index (κ3) is 5.62. The normalized spacial score (nSPS) is 19.2. The SMILES string of the molecule is COc1cc(C=O)cc(Br)c1OCC(=O)N1C[C@H](C)N(Cc2ccc(F)cc2)C[C@H]1C. The summed E-state index contributed by atoms with van der Waals surface area (Å²) >= 11 is 3.37. The van der Waals surface area contributed by atoms with E-state index in [4.69, 9.17) is 9.47 Å². The molecule has 1 aliphatic rings.